The molecule has 9 heteroatoms. The van der Waals surface area contributed by atoms with Crippen LogP contribution in [0.5, 0.6) is 0 Å². The van der Waals surface area contributed by atoms with Crippen molar-refractivity contribution in [1.29, 1.82) is 0 Å². The van der Waals surface area contributed by atoms with E-state index in [4.69, 9.17) is 10.2 Å². The number of anilines is 1. The molecule has 0 aliphatic rings. The highest BCUT2D eigenvalue weighted by molar-refractivity contribution is 5.92. The van der Waals surface area contributed by atoms with Crippen molar-refractivity contribution in [3.63, 3.8) is 0 Å². The van der Waals surface area contributed by atoms with Gasteiger partial charge in [-0.05, 0) is 30.7 Å². The Labute approximate surface area is 130 Å². The summed E-state index contributed by atoms with van der Waals surface area (Å²) in [7, 11) is 0. The topological polar surface area (TPSA) is 134 Å². The normalized spacial score (nSPS) is 10.3. The number of aromatic nitrogens is 3. The number of amides is 1. The molecule has 1 amide bonds. The van der Waals surface area contributed by atoms with E-state index < -0.39 is 17.8 Å². The summed E-state index contributed by atoms with van der Waals surface area (Å²) >= 11 is 0. The van der Waals surface area contributed by atoms with Crippen LogP contribution in [-0.2, 0) is 17.8 Å². The van der Waals surface area contributed by atoms with Crippen molar-refractivity contribution in [2.24, 2.45) is 0 Å². The number of hydrogen-bond acceptors (Lipinski definition) is 5. The Hall–Kier alpha value is -3.23. The van der Waals surface area contributed by atoms with Crippen molar-refractivity contribution in [3.8, 4) is 0 Å². The molecule has 0 radical (unpaired) electrons. The average molecular weight is 318 g/mol. The molecule has 0 saturated carbocycles. The van der Waals surface area contributed by atoms with E-state index in [2.05, 4.69) is 15.6 Å². The number of carboxylic acid groups (broad SMARTS) is 2. The van der Waals surface area contributed by atoms with E-state index in [-0.39, 0.29) is 17.8 Å². The Morgan fingerprint density at radius 2 is 1.78 bits per heavy atom. The Bertz CT molecular complexity index is 751. The Kier molecular flexibility index (Phi) is 4.69. The predicted octanol–water partition coefficient (Wildman–Crippen LogP) is 0.876. The quantitative estimate of drug-likeness (QED) is 0.719. The van der Waals surface area contributed by atoms with Crippen molar-refractivity contribution in [1.82, 2.24) is 15.0 Å². The average Bonchev–Trinajstić information content (AvgIpc) is 2.90. The lowest BCUT2D eigenvalue weighted by atomic mass is 10.2. The van der Waals surface area contributed by atoms with Crippen LogP contribution in [0.25, 0.3) is 0 Å². The lowest BCUT2D eigenvalue weighted by molar-refractivity contribution is -0.117. The van der Waals surface area contributed by atoms with Crippen LogP contribution in [-0.4, -0.2) is 43.1 Å². The van der Waals surface area contributed by atoms with Crippen LogP contribution >= 0.6 is 0 Å². The van der Waals surface area contributed by atoms with E-state index in [0.29, 0.717) is 17.8 Å². The number of nitrogens with one attached hydrogen (secondary N) is 1. The zero-order chi connectivity index (χ0) is 17.0. The largest absolute Gasteiger partial charge is 0.478 e. The molecule has 0 bridgehead atoms. The highest BCUT2D eigenvalue weighted by Crippen LogP contribution is 2.11. The number of aromatic carboxylic acids is 2. The molecule has 3 N–H and O–H groups in total. The molecule has 120 valence electrons. The Morgan fingerprint density at radius 3 is 2.30 bits per heavy atom. The summed E-state index contributed by atoms with van der Waals surface area (Å²) in [6.45, 7) is 1.55. The molecule has 2 rings (SSSR count). The first-order valence-electron chi connectivity index (χ1n) is 6.71. The van der Waals surface area contributed by atoms with Crippen LogP contribution in [0.3, 0.4) is 0 Å². The third-order valence-electron chi connectivity index (χ3n) is 3.08. The molecule has 0 atom stereocenters. The summed E-state index contributed by atoms with van der Waals surface area (Å²) in [6, 6.07) is 5.67. The SMILES string of the molecule is CCc1c(C(=O)O)nnn1CC(=O)Nc1ccc(C(=O)O)cc1. The second-order valence-electron chi connectivity index (χ2n) is 4.63. The lowest BCUT2D eigenvalue weighted by Crippen LogP contribution is -2.21. The van der Waals surface area contributed by atoms with Gasteiger partial charge in [0.2, 0.25) is 5.91 Å². The second kappa shape index (κ2) is 6.69. The summed E-state index contributed by atoms with van der Waals surface area (Å²) < 4.78 is 1.23. The summed E-state index contributed by atoms with van der Waals surface area (Å²) in [5, 5.41) is 27.6. The van der Waals surface area contributed by atoms with Gasteiger partial charge in [0, 0.05) is 5.69 Å². The zero-order valence-electron chi connectivity index (χ0n) is 12.2. The summed E-state index contributed by atoms with van der Waals surface area (Å²) in [5.74, 6) is -2.68. The van der Waals surface area contributed by atoms with Crippen LogP contribution in [0.1, 0.15) is 33.5 Å². The van der Waals surface area contributed by atoms with Crippen molar-refractivity contribution < 1.29 is 24.6 Å². The maximum absolute atomic E-state index is 12.0. The molecule has 0 saturated heterocycles. The van der Waals surface area contributed by atoms with E-state index >= 15 is 0 Å². The first-order chi connectivity index (χ1) is 10.9. The number of carbonyl (C=O) groups excluding carboxylic acids is 1. The number of nitrogens with zero attached hydrogens (tertiary/aromatic N) is 3. The highest BCUT2D eigenvalue weighted by Gasteiger charge is 2.18. The van der Waals surface area contributed by atoms with Gasteiger partial charge in [0.15, 0.2) is 5.69 Å². The number of carboxylic acids is 2. The van der Waals surface area contributed by atoms with Crippen LogP contribution in [0, 0.1) is 0 Å². The third-order valence-corrected chi connectivity index (χ3v) is 3.08. The van der Waals surface area contributed by atoms with Crippen LogP contribution in [0.2, 0.25) is 0 Å². The van der Waals surface area contributed by atoms with Gasteiger partial charge in [-0.2, -0.15) is 0 Å². The molecule has 23 heavy (non-hydrogen) atoms. The van der Waals surface area contributed by atoms with Crippen molar-refractivity contribution in [3.05, 3.63) is 41.2 Å². The van der Waals surface area contributed by atoms with Crippen molar-refractivity contribution in [2.45, 2.75) is 19.9 Å². The molecule has 0 aliphatic heterocycles. The molecule has 1 heterocycles. The zero-order valence-corrected chi connectivity index (χ0v) is 12.2. The molecule has 0 unspecified atom stereocenters. The standard InChI is InChI=1S/C14H14N4O5/c1-2-10-12(14(22)23)16-17-18(10)7-11(19)15-9-5-3-8(4-6-9)13(20)21/h3-6H,2,7H2,1H3,(H,15,19)(H,20,21)(H,22,23). The van der Waals surface area contributed by atoms with Gasteiger partial charge in [0.25, 0.3) is 0 Å². The van der Waals surface area contributed by atoms with Gasteiger partial charge in [-0.25, -0.2) is 14.3 Å². The number of carbonyl (C=O) groups is 3. The fourth-order valence-electron chi connectivity index (χ4n) is 2.01. The minimum absolute atomic E-state index is 0.110. The third kappa shape index (κ3) is 3.70. The molecule has 1 aromatic heterocycles. The molecule has 0 spiro atoms. The molecule has 1 aromatic carbocycles. The molecule has 9 nitrogen and oxygen atoms in total. The fourth-order valence-corrected chi connectivity index (χ4v) is 2.01. The van der Waals surface area contributed by atoms with E-state index in [1.165, 1.54) is 28.9 Å². The Balaban J connectivity index is 2.08. The summed E-state index contributed by atoms with van der Waals surface area (Å²) in [4.78, 5) is 33.7. The molecule has 0 aliphatic carbocycles. The van der Waals surface area contributed by atoms with E-state index in [1.807, 2.05) is 0 Å². The summed E-state index contributed by atoms with van der Waals surface area (Å²) in [6.07, 6.45) is 0.370. The highest BCUT2D eigenvalue weighted by atomic mass is 16.4. The minimum Gasteiger partial charge on any atom is -0.478 e. The molecule has 2 aromatic rings. The molecular formula is C14H14N4O5. The van der Waals surface area contributed by atoms with Crippen LogP contribution < -0.4 is 5.32 Å². The van der Waals surface area contributed by atoms with E-state index in [0.717, 1.165) is 0 Å². The van der Waals surface area contributed by atoms with Gasteiger partial charge in [0.1, 0.15) is 6.54 Å². The van der Waals surface area contributed by atoms with Gasteiger partial charge in [-0.1, -0.05) is 12.1 Å². The van der Waals surface area contributed by atoms with E-state index in [1.54, 1.807) is 6.92 Å². The summed E-state index contributed by atoms with van der Waals surface area (Å²) in [5.41, 5.74) is 0.718. The molecule has 0 fully saturated rings. The first kappa shape index (κ1) is 16.1. The van der Waals surface area contributed by atoms with Crippen molar-refractivity contribution >= 4 is 23.5 Å². The van der Waals surface area contributed by atoms with E-state index in [9.17, 15) is 14.4 Å². The predicted molar refractivity (Wildman–Crippen MR) is 78.4 cm³/mol. The Morgan fingerprint density at radius 1 is 1.13 bits per heavy atom. The van der Waals surface area contributed by atoms with Gasteiger partial charge in [0.05, 0.1) is 11.3 Å². The number of hydrogen-bond donors (Lipinski definition) is 3. The van der Waals surface area contributed by atoms with Gasteiger partial charge < -0.3 is 15.5 Å². The smallest absolute Gasteiger partial charge is 0.358 e. The fraction of sp³-hybridized carbons (Fsp3) is 0.214. The first-order valence-corrected chi connectivity index (χ1v) is 6.71. The number of rotatable bonds is 6. The van der Waals surface area contributed by atoms with Crippen LogP contribution in [0.4, 0.5) is 5.69 Å². The van der Waals surface area contributed by atoms with Gasteiger partial charge >= 0.3 is 11.9 Å². The van der Waals surface area contributed by atoms with Gasteiger partial charge in [-0.3, -0.25) is 4.79 Å². The number of benzene rings is 1. The van der Waals surface area contributed by atoms with Crippen molar-refractivity contribution in [2.75, 3.05) is 5.32 Å². The van der Waals surface area contributed by atoms with Crippen LogP contribution in [0.15, 0.2) is 24.3 Å². The monoisotopic (exact) mass is 318 g/mol. The lowest BCUT2D eigenvalue weighted by Gasteiger charge is -2.07. The maximum Gasteiger partial charge on any atom is 0.358 e. The second-order valence-corrected chi connectivity index (χ2v) is 4.63. The molecular weight excluding hydrogens is 304 g/mol. The van der Waals surface area contributed by atoms with Gasteiger partial charge in [-0.15, -0.1) is 5.10 Å². The minimum atomic E-state index is -1.20. The maximum atomic E-state index is 12.0.